The molecular formula is C9H10N2O. The number of nitrogen functional groups attached to an aromatic ring is 2. The molecule has 0 bridgehead atoms. The van der Waals surface area contributed by atoms with Crippen LogP contribution in [0, 0.1) is 11.8 Å². The molecule has 0 aliphatic carbocycles. The molecule has 5 N–H and O–H groups in total. The fourth-order valence-corrected chi connectivity index (χ4v) is 0.794. The van der Waals surface area contributed by atoms with Gasteiger partial charge in [0.15, 0.2) is 0 Å². The van der Waals surface area contributed by atoms with Gasteiger partial charge in [0, 0.05) is 5.56 Å². The Labute approximate surface area is 71.0 Å². The van der Waals surface area contributed by atoms with Gasteiger partial charge < -0.3 is 16.6 Å². The molecule has 0 spiro atoms. The average molecular weight is 162 g/mol. The van der Waals surface area contributed by atoms with Gasteiger partial charge in [-0.1, -0.05) is 11.8 Å². The lowest BCUT2D eigenvalue weighted by Crippen LogP contribution is -1.94. The van der Waals surface area contributed by atoms with Crippen LogP contribution < -0.4 is 11.5 Å². The van der Waals surface area contributed by atoms with Gasteiger partial charge in [-0.3, -0.25) is 0 Å². The minimum Gasteiger partial charge on any atom is -0.397 e. The van der Waals surface area contributed by atoms with Gasteiger partial charge in [0.2, 0.25) is 0 Å². The zero-order valence-electron chi connectivity index (χ0n) is 6.54. The van der Waals surface area contributed by atoms with Crippen LogP contribution in [0.1, 0.15) is 5.56 Å². The monoisotopic (exact) mass is 162 g/mol. The first-order valence-corrected chi connectivity index (χ1v) is 3.49. The second kappa shape index (κ2) is 3.65. The van der Waals surface area contributed by atoms with Crippen LogP contribution in [0.3, 0.4) is 0 Å². The molecule has 0 unspecified atom stereocenters. The minimum atomic E-state index is -0.149. The summed E-state index contributed by atoms with van der Waals surface area (Å²) < 4.78 is 0. The van der Waals surface area contributed by atoms with E-state index >= 15 is 0 Å². The summed E-state index contributed by atoms with van der Waals surface area (Å²) in [6, 6.07) is 5.13. The Morgan fingerprint density at radius 1 is 1.25 bits per heavy atom. The van der Waals surface area contributed by atoms with Crippen LogP contribution in [0.15, 0.2) is 18.2 Å². The highest BCUT2D eigenvalue weighted by Gasteiger charge is 1.93. The van der Waals surface area contributed by atoms with Crippen molar-refractivity contribution >= 4 is 11.4 Å². The summed E-state index contributed by atoms with van der Waals surface area (Å²) in [6.45, 7) is -0.149. The number of hydrogen-bond acceptors (Lipinski definition) is 3. The van der Waals surface area contributed by atoms with Crippen LogP contribution in [0.25, 0.3) is 0 Å². The van der Waals surface area contributed by atoms with Gasteiger partial charge in [-0.15, -0.1) is 0 Å². The highest BCUT2D eigenvalue weighted by atomic mass is 16.2. The Bertz CT molecular complexity index is 336. The molecule has 12 heavy (non-hydrogen) atoms. The molecule has 0 radical (unpaired) electrons. The van der Waals surface area contributed by atoms with Gasteiger partial charge in [-0.05, 0) is 18.2 Å². The molecule has 0 aliphatic rings. The fraction of sp³-hybridized carbons (Fsp3) is 0.111. The maximum absolute atomic E-state index is 8.42. The van der Waals surface area contributed by atoms with E-state index in [1.54, 1.807) is 18.2 Å². The molecule has 0 saturated heterocycles. The van der Waals surface area contributed by atoms with E-state index in [2.05, 4.69) is 11.8 Å². The van der Waals surface area contributed by atoms with Crippen LogP contribution >= 0.6 is 0 Å². The molecule has 1 aromatic carbocycles. The predicted molar refractivity (Wildman–Crippen MR) is 49.2 cm³/mol. The Kier molecular flexibility index (Phi) is 2.57. The number of aliphatic hydroxyl groups is 1. The summed E-state index contributed by atoms with van der Waals surface area (Å²) in [4.78, 5) is 0. The van der Waals surface area contributed by atoms with Crippen molar-refractivity contribution in [3.8, 4) is 11.8 Å². The first kappa shape index (κ1) is 8.44. The molecule has 3 nitrogen and oxygen atoms in total. The average Bonchev–Trinajstić information content (AvgIpc) is 2.07. The number of benzene rings is 1. The van der Waals surface area contributed by atoms with E-state index in [4.69, 9.17) is 16.6 Å². The van der Waals surface area contributed by atoms with Crippen molar-refractivity contribution in [2.75, 3.05) is 18.1 Å². The topological polar surface area (TPSA) is 72.3 Å². The Hall–Kier alpha value is -1.66. The van der Waals surface area contributed by atoms with E-state index in [-0.39, 0.29) is 6.61 Å². The molecule has 0 saturated carbocycles. The molecule has 3 heteroatoms. The molecule has 0 heterocycles. The van der Waals surface area contributed by atoms with Crippen molar-refractivity contribution in [1.29, 1.82) is 0 Å². The van der Waals surface area contributed by atoms with E-state index in [0.29, 0.717) is 11.4 Å². The van der Waals surface area contributed by atoms with Crippen LogP contribution in [0.4, 0.5) is 11.4 Å². The summed E-state index contributed by atoms with van der Waals surface area (Å²) in [5.41, 5.74) is 12.9. The van der Waals surface area contributed by atoms with Gasteiger partial charge in [0.1, 0.15) is 6.61 Å². The number of hydrogen-bond donors (Lipinski definition) is 3. The van der Waals surface area contributed by atoms with E-state index in [0.717, 1.165) is 5.56 Å². The lowest BCUT2D eigenvalue weighted by molar-refractivity contribution is 0.350. The Morgan fingerprint density at radius 2 is 2.00 bits per heavy atom. The Morgan fingerprint density at radius 3 is 2.58 bits per heavy atom. The lowest BCUT2D eigenvalue weighted by Gasteiger charge is -1.98. The van der Waals surface area contributed by atoms with Crippen molar-refractivity contribution in [1.82, 2.24) is 0 Å². The molecule has 0 fully saturated rings. The van der Waals surface area contributed by atoms with Crippen LogP contribution in [0.2, 0.25) is 0 Å². The first-order chi connectivity index (χ1) is 5.74. The Balaban J connectivity index is 2.97. The molecule has 0 amide bonds. The molecule has 1 aromatic rings. The third-order valence-electron chi connectivity index (χ3n) is 1.40. The van der Waals surface area contributed by atoms with Crippen LogP contribution in [-0.4, -0.2) is 11.7 Å². The van der Waals surface area contributed by atoms with Crippen molar-refractivity contribution in [3.05, 3.63) is 23.8 Å². The van der Waals surface area contributed by atoms with Gasteiger partial charge >= 0.3 is 0 Å². The van der Waals surface area contributed by atoms with E-state index in [1.165, 1.54) is 0 Å². The third kappa shape index (κ3) is 1.91. The summed E-state index contributed by atoms with van der Waals surface area (Å²) >= 11 is 0. The number of anilines is 2. The number of aliphatic hydroxyl groups excluding tert-OH is 1. The first-order valence-electron chi connectivity index (χ1n) is 3.49. The fourth-order valence-electron chi connectivity index (χ4n) is 0.794. The van der Waals surface area contributed by atoms with Gasteiger partial charge in [-0.2, -0.15) is 0 Å². The highest BCUT2D eigenvalue weighted by Crippen LogP contribution is 2.14. The summed E-state index contributed by atoms with van der Waals surface area (Å²) in [7, 11) is 0. The minimum absolute atomic E-state index is 0.149. The van der Waals surface area contributed by atoms with Gasteiger partial charge in [0.25, 0.3) is 0 Å². The van der Waals surface area contributed by atoms with Gasteiger partial charge in [-0.25, -0.2) is 0 Å². The van der Waals surface area contributed by atoms with Crippen molar-refractivity contribution < 1.29 is 5.11 Å². The lowest BCUT2D eigenvalue weighted by atomic mass is 10.2. The molecule has 62 valence electrons. The second-order valence-electron chi connectivity index (χ2n) is 2.30. The van der Waals surface area contributed by atoms with Crippen LogP contribution in [-0.2, 0) is 0 Å². The summed E-state index contributed by atoms with van der Waals surface area (Å²) in [5, 5.41) is 8.42. The van der Waals surface area contributed by atoms with Crippen molar-refractivity contribution in [2.24, 2.45) is 0 Å². The molecule has 0 aliphatic heterocycles. The smallest absolute Gasteiger partial charge is 0.104 e. The molecule has 1 rings (SSSR count). The summed E-state index contributed by atoms with van der Waals surface area (Å²) in [5.74, 6) is 5.25. The summed E-state index contributed by atoms with van der Waals surface area (Å²) in [6.07, 6.45) is 0. The predicted octanol–water partition coefficient (Wildman–Crippen LogP) is 0.195. The number of rotatable bonds is 0. The van der Waals surface area contributed by atoms with Gasteiger partial charge in [0.05, 0.1) is 11.4 Å². The van der Waals surface area contributed by atoms with E-state index in [1.807, 2.05) is 0 Å². The second-order valence-corrected chi connectivity index (χ2v) is 2.30. The highest BCUT2D eigenvalue weighted by molar-refractivity contribution is 5.65. The maximum atomic E-state index is 8.42. The zero-order valence-corrected chi connectivity index (χ0v) is 6.54. The molecule has 0 aromatic heterocycles. The standard InChI is InChI=1S/C9H10N2O/c10-8-4-3-7(2-1-5-12)6-9(8)11/h3-4,6,12H,5,10-11H2. The van der Waals surface area contributed by atoms with Crippen LogP contribution in [0.5, 0.6) is 0 Å². The number of nitrogens with two attached hydrogens (primary N) is 2. The zero-order chi connectivity index (χ0) is 8.97. The largest absolute Gasteiger partial charge is 0.397 e. The van der Waals surface area contributed by atoms with Crippen molar-refractivity contribution in [3.63, 3.8) is 0 Å². The normalized spacial score (nSPS) is 8.75. The molecule has 0 atom stereocenters. The maximum Gasteiger partial charge on any atom is 0.104 e. The quantitative estimate of drug-likeness (QED) is 0.377. The van der Waals surface area contributed by atoms with E-state index < -0.39 is 0 Å². The SMILES string of the molecule is Nc1ccc(C#CCO)cc1N. The van der Waals surface area contributed by atoms with Crippen molar-refractivity contribution in [2.45, 2.75) is 0 Å². The third-order valence-corrected chi connectivity index (χ3v) is 1.40. The van der Waals surface area contributed by atoms with E-state index in [9.17, 15) is 0 Å². The molecular weight excluding hydrogens is 152 g/mol.